The molecule has 9 heteroatoms. The molecule has 0 saturated heterocycles. The minimum Gasteiger partial charge on any atom is -0.323 e. The summed E-state index contributed by atoms with van der Waals surface area (Å²) in [5.41, 5.74) is 0.190. The molecule has 0 radical (unpaired) electrons. The number of thiophene rings is 1. The van der Waals surface area contributed by atoms with Crippen molar-refractivity contribution in [3.63, 3.8) is 0 Å². The predicted molar refractivity (Wildman–Crippen MR) is 86.0 cm³/mol. The summed E-state index contributed by atoms with van der Waals surface area (Å²) in [6.07, 6.45) is 0. The molecule has 23 heavy (non-hydrogen) atoms. The Morgan fingerprint density at radius 1 is 1.35 bits per heavy atom. The number of aromatic nitrogens is 2. The fraction of sp³-hybridized carbons (Fsp3) is 0.0714. The Labute approximate surface area is 136 Å². The van der Waals surface area contributed by atoms with Gasteiger partial charge in [0, 0.05) is 6.07 Å². The van der Waals surface area contributed by atoms with Gasteiger partial charge < -0.3 is 10.3 Å². The minimum absolute atomic E-state index is 0.0740. The van der Waals surface area contributed by atoms with E-state index in [2.05, 4.69) is 15.3 Å². The lowest BCUT2D eigenvalue weighted by Crippen LogP contribution is -2.16. The second-order valence-electron chi connectivity index (χ2n) is 4.47. The third-order valence-corrected chi connectivity index (χ3v) is 4.61. The molecule has 3 rings (SSSR count). The van der Waals surface area contributed by atoms with Crippen LogP contribution in [0.3, 0.4) is 0 Å². The number of nitrogens with one attached hydrogen (secondary N) is 2. The largest absolute Gasteiger partial charge is 0.323 e. The van der Waals surface area contributed by atoms with Gasteiger partial charge in [-0.3, -0.25) is 9.59 Å². The fourth-order valence-corrected chi connectivity index (χ4v) is 3.22. The normalized spacial score (nSPS) is 10.9. The summed E-state index contributed by atoms with van der Waals surface area (Å²) in [5.74, 6) is -2.14. The summed E-state index contributed by atoms with van der Waals surface area (Å²) in [6.45, 7) is 0. The number of fused-ring (bicyclic) bond motifs is 1. The third kappa shape index (κ3) is 3.57. The molecule has 1 amide bonds. The Morgan fingerprint density at radius 3 is 2.96 bits per heavy atom. The minimum atomic E-state index is -0.852. The van der Waals surface area contributed by atoms with Gasteiger partial charge in [-0.05, 0) is 23.6 Å². The van der Waals surface area contributed by atoms with Gasteiger partial charge in [0.25, 0.3) is 5.56 Å². The van der Waals surface area contributed by atoms with E-state index in [1.165, 1.54) is 11.3 Å². The van der Waals surface area contributed by atoms with Gasteiger partial charge in [0.05, 0.1) is 17.0 Å². The number of hydrogen-bond donors (Lipinski definition) is 2. The van der Waals surface area contributed by atoms with Crippen molar-refractivity contribution in [2.75, 3.05) is 11.1 Å². The quantitative estimate of drug-likeness (QED) is 0.559. The predicted octanol–water partition coefficient (Wildman–Crippen LogP) is 2.99. The Bertz CT molecular complexity index is 939. The molecule has 0 aliphatic carbocycles. The molecule has 0 saturated carbocycles. The molecule has 0 bridgehead atoms. The molecule has 2 N–H and O–H groups in total. The van der Waals surface area contributed by atoms with Crippen molar-refractivity contribution in [2.24, 2.45) is 0 Å². The summed E-state index contributed by atoms with van der Waals surface area (Å²) in [5, 5.41) is 4.39. The van der Waals surface area contributed by atoms with Gasteiger partial charge in [-0.25, -0.2) is 13.8 Å². The van der Waals surface area contributed by atoms with E-state index in [1.807, 2.05) is 0 Å². The topological polar surface area (TPSA) is 74.8 Å². The van der Waals surface area contributed by atoms with E-state index in [1.54, 1.807) is 11.4 Å². The number of nitrogens with zero attached hydrogens (tertiary/aromatic N) is 1. The number of aromatic amines is 1. The first-order valence-corrected chi connectivity index (χ1v) is 8.24. The van der Waals surface area contributed by atoms with Crippen LogP contribution in [-0.2, 0) is 4.79 Å². The van der Waals surface area contributed by atoms with Gasteiger partial charge in [0.2, 0.25) is 5.91 Å². The smallest absolute Gasteiger partial charge is 0.269 e. The monoisotopic (exact) mass is 353 g/mol. The molecule has 0 aliphatic heterocycles. The Kier molecular flexibility index (Phi) is 4.39. The number of H-pyrrole nitrogens is 1. The van der Waals surface area contributed by atoms with Gasteiger partial charge in [-0.2, -0.15) is 0 Å². The summed E-state index contributed by atoms with van der Waals surface area (Å²) in [7, 11) is 0. The number of halogens is 2. The van der Waals surface area contributed by atoms with Crippen LogP contribution in [0.15, 0.2) is 39.6 Å². The van der Waals surface area contributed by atoms with E-state index in [-0.39, 0.29) is 17.0 Å². The number of rotatable bonds is 4. The number of hydrogen-bond acceptors (Lipinski definition) is 5. The van der Waals surface area contributed by atoms with Crippen molar-refractivity contribution in [2.45, 2.75) is 5.16 Å². The van der Waals surface area contributed by atoms with Crippen LogP contribution in [0, 0.1) is 11.6 Å². The highest BCUT2D eigenvalue weighted by Crippen LogP contribution is 2.19. The van der Waals surface area contributed by atoms with E-state index in [0.717, 1.165) is 23.9 Å². The zero-order valence-electron chi connectivity index (χ0n) is 11.4. The zero-order valence-corrected chi connectivity index (χ0v) is 13.1. The average Bonchev–Trinajstić information content (AvgIpc) is 2.97. The number of benzene rings is 1. The van der Waals surface area contributed by atoms with Crippen LogP contribution >= 0.6 is 23.1 Å². The molecule has 2 aromatic heterocycles. The van der Waals surface area contributed by atoms with Crippen LogP contribution in [-0.4, -0.2) is 21.6 Å². The van der Waals surface area contributed by atoms with Gasteiger partial charge >= 0.3 is 0 Å². The van der Waals surface area contributed by atoms with Gasteiger partial charge in [-0.15, -0.1) is 11.3 Å². The van der Waals surface area contributed by atoms with Gasteiger partial charge in [-0.1, -0.05) is 11.8 Å². The number of carbonyl (C=O) groups excluding carboxylic acids is 1. The third-order valence-electron chi connectivity index (χ3n) is 2.84. The molecule has 5 nitrogen and oxygen atoms in total. The van der Waals surface area contributed by atoms with Crippen LogP contribution in [0.4, 0.5) is 14.5 Å². The first-order valence-electron chi connectivity index (χ1n) is 6.38. The van der Waals surface area contributed by atoms with Crippen molar-refractivity contribution in [3.05, 3.63) is 51.6 Å². The standard InChI is InChI=1S/C14H9F2N3O2S2/c15-7-1-2-9(8(16)5-7)17-11(20)6-23-14-18-10-3-4-22-12(10)13(21)19-14/h1-5H,6H2,(H,17,20)(H,18,19,21). The molecule has 1 aromatic carbocycles. The first kappa shape index (κ1) is 15.6. The Balaban J connectivity index is 1.67. The van der Waals surface area contributed by atoms with Crippen molar-refractivity contribution in [1.29, 1.82) is 0 Å². The van der Waals surface area contributed by atoms with E-state index >= 15 is 0 Å². The summed E-state index contributed by atoms with van der Waals surface area (Å²) in [6, 6.07) is 4.60. The Hall–Kier alpha value is -2.26. The van der Waals surface area contributed by atoms with E-state index < -0.39 is 17.5 Å². The van der Waals surface area contributed by atoms with Crippen LogP contribution in [0.2, 0.25) is 0 Å². The number of thioether (sulfide) groups is 1. The van der Waals surface area contributed by atoms with Crippen LogP contribution in [0.5, 0.6) is 0 Å². The molecule has 2 heterocycles. The fourth-order valence-electron chi connectivity index (χ4n) is 1.83. The summed E-state index contributed by atoms with van der Waals surface area (Å²) in [4.78, 5) is 30.4. The van der Waals surface area contributed by atoms with Gasteiger partial charge in [0.15, 0.2) is 5.16 Å². The molecule has 0 atom stereocenters. The molecular weight excluding hydrogens is 344 g/mol. The maximum atomic E-state index is 13.4. The summed E-state index contributed by atoms with van der Waals surface area (Å²) < 4.78 is 26.8. The SMILES string of the molecule is O=C(CSc1nc2ccsc2c(=O)[nH]1)Nc1ccc(F)cc1F. The second-order valence-corrected chi connectivity index (χ2v) is 6.35. The highest BCUT2D eigenvalue weighted by molar-refractivity contribution is 7.99. The van der Waals surface area contributed by atoms with Crippen molar-refractivity contribution in [1.82, 2.24) is 9.97 Å². The molecule has 0 aliphatic rings. The maximum Gasteiger partial charge on any atom is 0.269 e. The van der Waals surface area contributed by atoms with Crippen molar-refractivity contribution in [3.8, 4) is 0 Å². The van der Waals surface area contributed by atoms with Crippen LogP contribution < -0.4 is 10.9 Å². The highest BCUT2D eigenvalue weighted by atomic mass is 32.2. The van der Waals surface area contributed by atoms with Crippen LogP contribution in [0.25, 0.3) is 10.2 Å². The zero-order chi connectivity index (χ0) is 16.4. The molecule has 0 fully saturated rings. The lowest BCUT2D eigenvalue weighted by molar-refractivity contribution is -0.113. The molecule has 118 valence electrons. The lowest BCUT2D eigenvalue weighted by atomic mass is 10.3. The molecule has 0 unspecified atom stereocenters. The van der Waals surface area contributed by atoms with Gasteiger partial charge in [0.1, 0.15) is 16.3 Å². The number of carbonyl (C=O) groups is 1. The number of amides is 1. The van der Waals surface area contributed by atoms with Crippen molar-refractivity contribution < 1.29 is 13.6 Å². The van der Waals surface area contributed by atoms with E-state index in [0.29, 0.717) is 21.4 Å². The molecular formula is C14H9F2N3O2S2. The van der Waals surface area contributed by atoms with Crippen molar-refractivity contribution >= 4 is 44.9 Å². The second kappa shape index (κ2) is 6.47. The molecule has 3 aromatic rings. The van der Waals surface area contributed by atoms with Crippen LogP contribution in [0.1, 0.15) is 0 Å². The van der Waals surface area contributed by atoms with E-state index in [4.69, 9.17) is 0 Å². The number of anilines is 1. The first-order chi connectivity index (χ1) is 11.0. The average molecular weight is 353 g/mol. The Morgan fingerprint density at radius 2 is 2.17 bits per heavy atom. The lowest BCUT2D eigenvalue weighted by Gasteiger charge is -2.06. The maximum absolute atomic E-state index is 13.4. The summed E-state index contributed by atoms with van der Waals surface area (Å²) >= 11 is 2.30. The molecule has 0 spiro atoms. The van der Waals surface area contributed by atoms with E-state index in [9.17, 15) is 18.4 Å². The highest BCUT2D eigenvalue weighted by Gasteiger charge is 2.11.